The van der Waals surface area contributed by atoms with Crippen LogP contribution in [0, 0.1) is 5.92 Å². The second-order valence-electron chi connectivity index (χ2n) is 7.67. The Kier molecular flexibility index (Phi) is 7.35. The van der Waals surface area contributed by atoms with Gasteiger partial charge in [-0.2, -0.15) is 0 Å². The van der Waals surface area contributed by atoms with Crippen molar-refractivity contribution >= 4 is 18.3 Å². The Hall–Kier alpha value is -2.04. The third-order valence-corrected chi connectivity index (χ3v) is 5.52. The number of amides is 1. The van der Waals surface area contributed by atoms with Crippen molar-refractivity contribution in [3.05, 3.63) is 66.2 Å². The molecular weight excluding hydrogens is 372 g/mol. The topological polar surface area (TPSA) is 41.6 Å². The van der Waals surface area contributed by atoms with E-state index in [0.29, 0.717) is 6.04 Å². The van der Waals surface area contributed by atoms with E-state index in [2.05, 4.69) is 5.32 Å². The highest BCUT2D eigenvalue weighted by Crippen LogP contribution is 2.29. The molecule has 0 bridgehead atoms. The van der Waals surface area contributed by atoms with Crippen molar-refractivity contribution in [1.82, 2.24) is 10.2 Å². The minimum atomic E-state index is -0.593. The highest BCUT2D eigenvalue weighted by Gasteiger charge is 2.31. The standard InChI is InChI=1S/C23H28N2O2.ClH/c26-23(25-15-13-20(14-16-25)24-17-18-11-12-18)22(19-7-3-1-4-8-19)27-21-9-5-2-6-10-21;/h1-10,18,20,22,24H,11-17H2;1H. The molecule has 4 rings (SSSR count). The van der Waals surface area contributed by atoms with Crippen molar-refractivity contribution in [3.8, 4) is 5.75 Å². The number of hydrogen-bond acceptors (Lipinski definition) is 3. The van der Waals surface area contributed by atoms with Gasteiger partial charge in [0, 0.05) is 24.7 Å². The summed E-state index contributed by atoms with van der Waals surface area (Å²) in [5.74, 6) is 1.68. The molecule has 1 amide bonds. The molecule has 150 valence electrons. The number of benzene rings is 2. The lowest BCUT2D eigenvalue weighted by molar-refractivity contribution is -0.140. The zero-order valence-electron chi connectivity index (χ0n) is 16.1. The van der Waals surface area contributed by atoms with E-state index in [1.165, 1.54) is 12.8 Å². The summed E-state index contributed by atoms with van der Waals surface area (Å²) >= 11 is 0. The number of halogens is 1. The van der Waals surface area contributed by atoms with Crippen LogP contribution in [0.5, 0.6) is 5.75 Å². The van der Waals surface area contributed by atoms with E-state index in [1.807, 2.05) is 65.6 Å². The summed E-state index contributed by atoms with van der Waals surface area (Å²) in [5, 5.41) is 3.67. The molecule has 1 atom stereocenters. The minimum Gasteiger partial charge on any atom is -0.476 e. The van der Waals surface area contributed by atoms with Gasteiger partial charge in [0.15, 0.2) is 0 Å². The van der Waals surface area contributed by atoms with Crippen LogP contribution in [0.25, 0.3) is 0 Å². The Morgan fingerprint density at radius 3 is 2.18 bits per heavy atom. The number of rotatable bonds is 7. The number of carbonyl (C=O) groups excluding carboxylic acids is 1. The molecule has 1 unspecified atom stereocenters. The van der Waals surface area contributed by atoms with Gasteiger partial charge in [-0.25, -0.2) is 0 Å². The molecule has 2 aromatic carbocycles. The van der Waals surface area contributed by atoms with Gasteiger partial charge in [-0.3, -0.25) is 4.79 Å². The number of likely N-dealkylation sites (tertiary alicyclic amines) is 1. The van der Waals surface area contributed by atoms with Crippen molar-refractivity contribution in [3.63, 3.8) is 0 Å². The number of ether oxygens (including phenoxy) is 1. The lowest BCUT2D eigenvalue weighted by atomic mass is 10.0. The molecule has 2 aliphatic rings. The van der Waals surface area contributed by atoms with Gasteiger partial charge in [-0.15, -0.1) is 12.4 Å². The van der Waals surface area contributed by atoms with Crippen LogP contribution in [0.2, 0.25) is 0 Å². The molecular formula is C23H29ClN2O2. The molecule has 1 saturated heterocycles. The number of nitrogens with zero attached hydrogens (tertiary/aromatic N) is 1. The number of nitrogens with one attached hydrogen (secondary N) is 1. The van der Waals surface area contributed by atoms with Crippen molar-refractivity contribution < 1.29 is 9.53 Å². The smallest absolute Gasteiger partial charge is 0.268 e. The number of carbonyl (C=O) groups is 1. The third-order valence-electron chi connectivity index (χ3n) is 5.52. The van der Waals surface area contributed by atoms with Crippen molar-refractivity contribution in [2.45, 2.75) is 37.8 Å². The maximum atomic E-state index is 13.3. The molecule has 1 aliphatic heterocycles. The SMILES string of the molecule is Cl.O=C(C(Oc1ccccc1)c1ccccc1)N1CCC(NCC2CC2)CC1. The lowest BCUT2D eigenvalue weighted by Gasteiger charge is -2.34. The summed E-state index contributed by atoms with van der Waals surface area (Å²) in [6, 6.07) is 20.0. The average molecular weight is 401 g/mol. The number of piperidine rings is 1. The van der Waals surface area contributed by atoms with Crippen molar-refractivity contribution in [2.75, 3.05) is 19.6 Å². The van der Waals surface area contributed by atoms with Gasteiger partial charge in [0.2, 0.25) is 6.10 Å². The number of para-hydroxylation sites is 1. The Labute approximate surface area is 173 Å². The Morgan fingerprint density at radius 2 is 1.57 bits per heavy atom. The molecule has 4 nitrogen and oxygen atoms in total. The quantitative estimate of drug-likeness (QED) is 0.756. The fourth-order valence-electron chi connectivity index (χ4n) is 3.65. The van der Waals surface area contributed by atoms with Crippen LogP contribution in [-0.4, -0.2) is 36.5 Å². The molecule has 0 aromatic heterocycles. The van der Waals surface area contributed by atoms with E-state index in [9.17, 15) is 4.79 Å². The molecule has 0 spiro atoms. The first-order valence-corrected chi connectivity index (χ1v) is 10.1. The second-order valence-corrected chi connectivity index (χ2v) is 7.67. The molecule has 2 fully saturated rings. The Balaban J connectivity index is 0.00000225. The maximum Gasteiger partial charge on any atom is 0.268 e. The third kappa shape index (κ3) is 5.49. The van der Waals surface area contributed by atoms with Crippen LogP contribution in [-0.2, 0) is 4.79 Å². The first kappa shape index (κ1) is 20.7. The molecule has 1 heterocycles. The van der Waals surface area contributed by atoms with Crippen LogP contribution in [0.15, 0.2) is 60.7 Å². The number of hydrogen-bond donors (Lipinski definition) is 1. The van der Waals surface area contributed by atoms with Crippen LogP contribution < -0.4 is 10.1 Å². The molecule has 5 heteroatoms. The molecule has 1 aliphatic carbocycles. The Bertz CT molecular complexity index is 729. The van der Waals surface area contributed by atoms with Gasteiger partial charge < -0.3 is 15.0 Å². The monoisotopic (exact) mass is 400 g/mol. The van der Waals surface area contributed by atoms with E-state index >= 15 is 0 Å². The predicted octanol–water partition coefficient (Wildman–Crippen LogP) is 4.22. The fourth-order valence-corrected chi connectivity index (χ4v) is 3.65. The van der Waals surface area contributed by atoms with E-state index in [-0.39, 0.29) is 18.3 Å². The van der Waals surface area contributed by atoms with Crippen LogP contribution in [0.4, 0.5) is 0 Å². The summed E-state index contributed by atoms with van der Waals surface area (Å²) in [6.07, 6.45) is 4.20. The lowest BCUT2D eigenvalue weighted by Crippen LogP contribution is -2.47. The van der Waals surface area contributed by atoms with Gasteiger partial charge in [-0.05, 0) is 50.3 Å². The molecule has 1 N–H and O–H groups in total. The summed E-state index contributed by atoms with van der Waals surface area (Å²) in [4.78, 5) is 15.2. The minimum absolute atomic E-state index is 0. The second kappa shape index (κ2) is 9.94. The van der Waals surface area contributed by atoms with Gasteiger partial charge in [0.25, 0.3) is 5.91 Å². The van der Waals surface area contributed by atoms with Crippen LogP contribution >= 0.6 is 12.4 Å². The van der Waals surface area contributed by atoms with Crippen molar-refractivity contribution in [1.29, 1.82) is 0 Å². The van der Waals surface area contributed by atoms with Gasteiger partial charge in [0.05, 0.1) is 0 Å². The molecule has 2 aromatic rings. The van der Waals surface area contributed by atoms with Gasteiger partial charge >= 0.3 is 0 Å². The summed E-state index contributed by atoms with van der Waals surface area (Å²) in [7, 11) is 0. The molecule has 0 radical (unpaired) electrons. The zero-order valence-corrected chi connectivity index (χ0v) is 16.9. The van der Waals surface area contributed by atoms with E-state index in [1.54, 1.807) is 0 Å². The zero-order chi connectivity index (χ0) is 18.5. The first-order valence-electron chi connectivity index (χ1n) is 10.1. The van der Waals surface area contributed by atoms with Crippen molar-refractivity contribution in [2.24, 2.45) is 5.92 Å². The Morgan fingerprint density at radius 1 is 0.964 bits per heavy atom. The van der Waals surface area contributed by atoms with Gasteiger partial charge in [0.1, 0.15) is 5.75 Å². The first-order chi connectivity index (χ1) is 13.3. The van der Waals surface area contributed by atoms with E-state index in [4.69, 9.17) is 4.74 Å². The van der Waals surface area contributed by atoms with Gasteiger partial charge in [-0.1, -0.05) is 48.5 Å². The summed E-state index contributed by atoms with van der Waals surface area (Å²) in [6.45, 7) is 2.73. The average Bonchev–Trinajstić information content (AvgIpc) is 3.56. The summed E-state index contributed by atoms with van der Waals surface area (Å²) in [5.41, 5.74) is 0.903. The van der Waals surface area contributed by atoms with E-state index < -0.39 is 6.10 Å². The normalized spacial score (nSPS) is 18.2. The largest absolute Gasteiger partial charge is 0.476 e. The van der Waals surface area contributed by atoms with E-state index in [0.717, 1.165) is 49.7 Å². The fraction of sp³-hybridized carbons (Fsp3) is 0.435. The summed E-state index contributed by atoms with van der Waals surface area (Å²) < 4.78 is 6.12. The molecule has 28 heavy (non-hydrogen) atoms. The molecule has 1 saturated carbocycles. The maximum absolute atomic E-state index is 13.3. The highest BCUT2D eigenvalue weighted by molar-refractivity contribution is 5.85. The highest BCUT2D eigenvalue weighted by atomic mass is 35.5. The van der Waals surface area contributed by atoms with Crippen LogP contribution in [0.3, 0.4) is 0 Å². The van der Waals surface area contributed by atoms with Crippen LogP contribution in [0.1, 0.15) is 37.4 Å². The predicted molar refractivity (Wildman–Crippen MR) is 114 cm³/mol.